The van der Waals surface area contributed by atoms with Gasteiger partial charge >= 0.3 is 6.18 Å². The summed E-state index contributed by atoms with van der Waals surface area (Å²) in [4.78, 5) is 3.93. The third kappa shape index (κ3) is 3.08. The van der Waals surface area contributed by atoms with Crippen molar-refractivity contribution in [3.8, 4) is 11.6 Å². The molecule has 106 valence electrons. The monoisotopic (exact) mass is 282 g/mol. The number of halogens is 3. The molecule has 0 aliphatic rings. The van der Waals surface area contributed by atoms with E-state index in [-0.39, 0.29) is 18.2 Å². The molecule has 1 aromatic heterocycles. The Morgan fingerprint density at radius 1 is 1.25 bits per heavy atom. The lowest BCUT2D eigenvalue weighted by Gasteiger charge is -2.15. The summed E-state index contributed by atoms with van der Waals surface area (Å²) in [7, 11) is 0. The van der Waals surface area contributed by atoms with E-state index in [1.807, 2.05) is 0 Å². The van der Waals surface area contributed by atoms with Gasteiger partial charge in [-0.2, -0.15) is 13.2 Å². The van der Waals surface area contributed by atoms with Crippen LogP contribution in [0.5, 0.6) is 11.6 Å². The molecule has 0 saturated carbocycles. The number of rotatable bonds is 3. The van der Waals surface area contributed by atoms with Crippen molar-refractivity contribution in [2.75, 3.05) is 0 Å². The van der Waals surface area contributed by atoms with Crippen molar-refractivity contribution in [1.29, 1.82) is 0 Å². The highest BCUT2D eigenvalue weighted by Crippen LogP contribution is 2.38. The Morgan fingerprint density at radius 2 is 2.00 bits per heavy atom. The fourth-order valence-corrected chi connectivity index (χ4v) is 1.70. The van der Waals surface area contributed by atoms with Crippen LogP contribution >= 0.6 is 0 Å². The summed E-state index contributed by atoms with van der Waals surface area (Å²) in [5, 5.41) is 0. The first kappa shape index (κ1) is 14.3. The minimum atomic E-state index is -4.51. The van der Waals surface area contributed by atoms with E-state index in [0.717, 1.165) is 6.07 Å². The maximum Gasteiger partial charge on any atom is 0.419 e. The van der Waals surface area contributed by atoms with E-state index < -0.39 is 11.7 Å². The zero-order valence-corrected chi connectivity index (χ0v) is 10.7. The van der Waals surface area contributed by atoms with Crippen molar-refractivity contribution in [2.45, 2.75) is 19.6 Å². The SMILES string of the molecule is Cc1cccnc1Oc1ccc(CN)cc1C(F)(F)F. The molecule has 0 amide bonds. The largest absolute Gasteiger partial charge is 0.438 e. The molecule has 0 radical (unpaired) electrons. The minimum Gasteiger partial charge on any atom is -0.438 e. The average molecular weight is 282 g/mol. The van der Waals surface area contributed by atoms with E-state index in [0.29, 0.717) is 11.1 Å². The minimum absolute atomic E-state index is 0.0337. The fraction of sp³-hybridized carbons (Fsp3) is 0.214. The number of ether oxygens (including phenoxy) is 1. The highest BCUT2D eigenvalue weighted by atomic mass is 19.4. The van der Waals surface area contributed by atoms with E-state index in [4.69, 9.17) is 10.5 Å². The van der Waals surface area contributed by atoms with Crippen molar-refractivity contribution in [2.24, 2.45) is 5.73 Å². The van der Waals surface area contributed by atoms with Crippen LogP contribution in [-0.2, 0) is 12.7 Å². The van der Waals surface area contributed by atoms with Crippen LogP contribution in [0.2, 0.25) is 0 Å². The highest BCUT2D eigenvalue weighted by molar-refractivity contribution is 5.42. The predicted molar refractivity (Wildman–Crippen MR) is 68.4 cm³/mol. The van der Waals surface area contributed by atoms with Crippen LogP contribution in [0, 0.1) is 6.92 Å². The van der Waals surface area contributed by atoms with Gasteiger partial charge in [0.2, 0.25) is 5.88 Å². The van der Waals surface area contributed by atoms with Crippen molar-refractivity contribution < 1.29 is 17.9 Å². The van der Waals surface area contributed by atoms with Crippen molar-refractivity contribution >= 4 is 0 Å². The lowest BCUT2D eigenvalue weighted by molar-refractivity contribution is -0.138. The van der Waals surface area contributed by atoms with E-state index in [1.54, 1.807) is 19.1 Å². The first-order chi connectivity index (χ1) is 9.41. The fourth-order valence-electron chi connectivity index (χ4n) is 1.70. The number of hydrogen-bond acceptors (Lipinski definition) is 3. The molecule has 0 aliphatic heterocycles. The summed E-state index contributed by atoms with van der Waals surface area (Å²) in [6.45, 7) is 1.75. The third-order valence-electron chi connectivity index (χ3n) is 2.75. The molecular weight excluding hydrogens is 269 g/mol. The third-order valence-corrected chi connectivity index (χ3v) is 2.75. The molecular formula is C14H13F3N2O. The smallest absolute Gasteiger partial charge is 0.419 e. The summed E-state index contributed by atoms with van der Waals surface area (Å²) < 4.78 is 44.4. The second-order valence-corrected chi connectivity index (χ2v) is 4.26. The van der Waals surface area contributed by atoms with Gasteiger partial charge in [-0.15, -0.1) is 0 Å². The van der Waals surface area contributed by atoms with Crippen molar-refractivity contribution in [3.63, 3.8) is 0 Å². The molecule has 2 N–H and O–H groups in total. The number of aryl methyl sites for hydroxylation is 1. The number of pyridine rings is 1. The Labute approximate surface area is 114 Å². The zero-order chi connectivity index (χ0) is 14.8. The van der Waals surface area contributed by atoms with Gasteiger partial charge < -0.3 is 10.5 Å². The summed E-state index contributed by atoms with van der Waals surface area (Å²) in [6.07, 6.45) is -3.05. The quantitative estimate of drug-likeness (QED) is 0.934. The summed E-state index contributed by atoms with van der Waals surface area (Å²) >= 11 is 0. The van der Waals surface area contributed by atoms with E-state index in [9.17, 15) is 13.2 Å². The predicted octanol–water partition coefficient (Wildman–Crippen LogP) is 3.66. The molecule has 0 spiro atoms. The van der Waals surface area contributed by atoms with Gasteiger partial charge in [0.25, 0.3) is 0 Å². The van der Waals surface area contributed by atoms with Gasteiger partial charge in [-0.25, -0.2) is 4.98 Å². The van der Waals surface area contributed by atoms with E-state index in [2.05, 4.69) is 4.98 Å². The molecule has 0 bridgehead atoms. The van der Waals surface area contributed by atoms with Gasteiger partial charge in [0.15, 0.2) is 0 Å². The summed E-state index contributed by atoms with van der Waals surface area (Å²) in [5.41, 5.74) is 5.56. The first-order valence-corrected chi connectivity index (χ1v) is 5.91. The topological polar surface area (TPSA) is 48.1 Å². The van der Waals surface area contributed by atoms with E-state index >= 15 is 0 Å². The maximum absolute atomic E-state index is 13.0. The Balaban J connectivity index is 2.44. The molecule has 2 aromatic rings. The molecule has 1 aromatic carbocycles. The number of nitrogens with zero attached hydrogens (tertiary/aromatic N) is 1. The van der Waals surface area contributed by atoms with Gasteiger partial charge in [0.05, 0.1) is 5.56 Å². The normalized spacial score (nSPS) is 11.4. The Bertz CT molecular complexity index is 612. The molecule has 0 saturated heterocycles. The Morgan fingerprint density at radius 3 is 2.60 bits per heavy atom. The number of nitrogens with two attached hydrogens (primary N) is 1. The molecule has 6 heteroatoms. The Hall–Kier alpha value is -2.08. The van der Waals surface area contributed by atoms with Crippen LogP contribution < -0.4 is 10.5 Å². The molecule has 0 unspecified atom stereocenters. The number of benzene rings is 1. The molecule has 3 nitrogen and oxygen atoms in total. The summed E-state index contributed by atoms with van der Waals surface area (Å²) in [6, 6.07) is 7.16. The second-order valence-electron chi connectivity index (χ2n) is 4.26. The van der Waals surface area contributed by atoms with E-state index in [1.165, 1.54) is 18.3 Å². The van der Waals surface area contributed by atoms with Gasteiger partial charge in [-0.05, 0) is 30.7 Å². The van der Waals surface area contributed by atoms with Crippen LogP contribution in [0.1, 0.15) is 16.7 Å². The zero-order valence-electron chi connectivity index (χ0n) is 10.7. The van der Waals surface area contributed by atoms with Crippen LogP contribution in [0.4, 0.5) is 13.2 Å². The lowest BCUT2D eigenvalue weighted by Crippen LogP contribution is -2.09. The van der Waals surface area contributed by atoms with Gasteiger partial charge in [0, 0.05) is 18.3 Å². The molecule has 20 heavy (non-hydrogen) atoms. The number of aromatic nitrogens is 1. The molecule has 0 fully saturated rings. The van der Waals surface area contributed by atoms with Crippen LogP contribution in [0.3, 0.4) is 0 Å². The number of alkyl halides is 3. The molecule has 0 aliphatic carbocycles. The number of hydrogen-bond donors (Lipinski definition) is 1. The van der Waals surface area contributed by atoms with Crippen LogP contribution in [0.15, 0.2) is 36.5 Å². The Kier molecular flexibility index (Phi) is 3.94. The highest BCUT2D eigenvalue weighted by Gasteiger charge is 2.35. The molecule has 2 rings (SSSR count). The van der Waals surface area contributed by atoms with Crippen LogP contribution in [0.25, 0.3) is 0 Å². The van der Waals surface area contributed by atoms with Gasteiger partial charge in [-0.1, -0.05) is 12.1 Å². The maximum atomic E-state index is 13.0. The standard InChI is InChI=1S/C14H13F3N2O/c1-9-3-2-6-19-13(9)20-12-5-4-10(8-18)7-11(12)14(15,16)17/h2-7H,8,18H2,1H3. The lowest BCUT2D eigenvalue weighted by atomic mass is 10.1. The van der Waals surface area contributed by atoms with Crippen molar-refractivity contribution in [3.05, 3.63) is 53.2 Å². The second kappa shape index (κ2) is 5.50. The molecule has 1 heterocycles. The molecule has 0 atom stereocenters. The van der Waals surface area contributed by atoms with Gasteiger partial charge in [0.1, 0.15) is 5.75 Å². The first-order valence-electron chi connectivity index (χ1n) is 5.91. The van der Waals surface area contributed by atoms with Crippen molar-refractivity contribution in [1.82, 2.24) is 4.98 Å². The average Bonchev–Trinajstić information content (AvgIpc) is 2.40. The van der Waals surface area contributed by atoms with Crippen LogP contribution in [-0.4, -0.2) is 4.98 Å². The summed E-state index contributed by atoms with van der Waals surface area (Å²) in [5.74, 6) is -0.130. The van der Waals surface area contributed by atoms with Gasteiger partial charge in [-0.3, -0.25) is 0 Å².